The number of hydrogen-bond donors (Lipinski definition) is 1. The Bertz CT molecular complexity index is 500. The van der Waals surface area contributed by atoms with Gasteiger partial charge in [-0.05, 0) is 72.3 Å². The van der Waals surface area contributed by atoms with Gasteiger partial charge in [0.1, 0.15) is 0 Å². The van der Waals surface area contributed by atoms with Crippen LogP contribution in [0.4, 0.5) is 0 Å². The summed E-state index contributed by atoms with van der Waals surface area (Å²) in [7, 11) is 3.31. The summed E-state index contributed by atoms with van der Waals surface area (Å²) in [5, 5.41) is 3.51. The van der Waals surface area contributed by atoms with E-state index >= 15 is 0 Å². The van der Waals surface area contributed by atoms with E-state index in [-0.39, 0.29) is 0 Å². The predicted octanol–water partition coefficient (Wildman–Crippen LogP) is 4.45. The lowest BCUT2D eigenvalue weighted by atomic mass is 9.97. The van der Waals surface area contributed by atoms with Crippen molar-refractivity contribution in [3.63, 3.8) is 0 Å². The SMILES string of the molecule is COc1cc(CNCCC2=CCCCC2)cc(Br)c1OC. The summed E-state index contributed by atoms with van der Waals surface area (Å²) in [6.45, 7) is 1.87. The minimum atomic E-state index is 0.744. The highest BCUT2D eigenvalue weighted by Crippen LogP contribution is 2.36. The van der Waals surface area contributed by atoms with E-state index in [1.54, 1.807) is 19.8 Å². The summed E-state index contributed by atoms with van der Waals surface area (Å²) in [4.78, 5) is 0. The van der Waals surface area contributed by atoms with Gasteiger partial charge in [0.05, 0.1) is 18.7 Å². The lowest BCUT2D eigenvalue weighted by molar-refractivity contribution is 0.352. The summed E-state index contributed by atoms with van der Waals surface area (Å²) < 4.78 is 11.6. The van der Waals surface area contributed by atoms with E-state index in [9.17, 15) is 0 Å². The molecule has 0 unspecified atom stereocenters. The molecule has 0 amide bonds. The summed E-state index contributed by atoms with van der Waals surface area (Å²) >= 11 is 3.53. The van der Waals surface area contributed by atoms with Gasteiger partial charge < -0.3 is 14.8 Å². The van der Waals surface area contributed by atoms with Gasteiger partial charge in [0.25, 0.3) is 0 Å². The first-order chi connectivity index (χ1) is 10.2. The summed E-state index contributed by atoms with van der Waals surface area (Å²) in [5.41, 5.74) is 2.80. The fraction of sp³-hybridized carbons (Fsp3) is 0.529. The topological polar surface area (TPSA) is 30.5 Å². The second-order valence-electron chi connectivity index (χ2n) is 5.35. The monoisotopic (exact) mass is 353 g/mol. The van der Waals surface area contributed by atoms with Gasteiger partial charge >= 0.3 is 0 Å². The molecular formula is C17H24BrNO2. The van der Waals surface area contributed by atoms with Crippen molar-refractivity contribution < 1.29 is 9.47 Å². The molecule has 1 aromatic carbocycles. The van der Waals surface area contributed by atoms with E-state index in [1.165, 1.54) is 31.2 Å². The largest absolute Gasteiger partial charge is 0.493 e. The van der Waals surface area contributed by atoms with Gasteiger partial charge in [-0.15, -0.1) is 0 Å². The Kier molecular flexibility index (Phi) is 6.58. The number of methoxy groups -OCH3 is 2. The molecule has 0 saturated carbocycles. The third kappa shape index (κ3) is 4.75. The van der Waals surface area contributed by atoms with E-state index in [2.05, 4.69) is 33.4 Å². The van der Waals surface area contributed by atoms with Crippen molar-refractivity contribution in [1.82, 2.24) is 5.32 Å². The molecule has 1 aromatic rings. The quantitative estimate of drug-likeness (QED) is 0.580. The molecule has 21 heavy (non-hydrogen) atoms. The number of rotatable bonds is 7. The second-order valence-corrected chi connectivity index (χ2v) is 6.20. The summed E-state index contributed by atoms with van der Waals surface area (Å²) in [6.07, 6.45) is 8.83. The highest BCUT2D eigenvalue weighted by atomic mass is 79.9. The maximum atomic E-state index is 5.37. The highest BCUT2D eigenvalue weighted by molar-refractivity contribution is 9.10. The number of ether oxygens (including phenoxy) is 2. The van der Waals surface area contributed by atoms with Crippen LogP contribution < -0.4 is 14.8 Å². The molecule has 0 bridgehead atoms. The Morgan fingerprint density at radius 3 is 2.71 bits per heavy atom. The van der Waals surface area contributed by atoms with E-state index < -0.39 is 0 Å². The first-order valence-corrected chi connectivity index (χ1v) is 8.33. The molecule has 0 atom stereocenters. The van der Waals surface area contributed by atoms with Crippen LogP contribution in [0.25, 0.3) is 0 Å². The average Bonchev–Trinajstić information content (AvgIpc) is 2.52. The standard InChI is InChI=1S/C17H24BrNO2/c1-20-16-11-14(10-15(18)17(16)21-2)12-19-9-8-13-6-4-3-5-7-13/h6,10-11,19H,3-5,7-9,12H2,1-2H3. The molecule has 0 heterocycles. The minimum Gasteiger partial charge on any atom is -0.493 e. The van der Waals surface area contributed by atoms with Gasteiger partial charge in [-0.1, -0.05) is 11.6 Å². The van der Waals surface area contributed by atoms with Crippen LogP contribution in [0.5, 0.6) is 11.5 Å². The van der Waals surface area contributed by atoms with Gasteiger partial charge in [0.2, 0.25) is 0 Å². The number of hydrogen-bond acceptors (Lipinski definition) is 3. The Morgan fingerprint density at radius 2 is 2.05 bits per heavy atom. The normalized spacial score (nSPS) is 14.7. The van der Waals surface area contributed by atoms with Crippen LogP contribution in [-0.4, -0.2) is 20.8 Å². The van der Waals surface area contributed by atoms with Crippen molar-refractivity contribution >= 4 is 15.9 Å². The van der Waals surface area contributed by atoms with Gasteiger partial charge in [0, 0.05) is 6.54 Å². The van der Waals surface area contributed by atoms with Crippen LogP contribution in [0.1, 0.15) is 37.7 Å². The van der Waals surface area contributed by atoms with E-state index in [1.807, 2.05) is 6.07 Å². The fourth-order valence-corrected chi connectivity index (χ4v) is 3.34. The number of nitrogens with one attached hydrogen (secondary N) is 1. The molecule has 0 spiro atoms. The van der Waals surface area contributed by atoms with Crippen LogP contribution >= 0.6 is 15.9 Å². The molecule has 2 rings (SSSR count). The number of benzene rings is 1. The van der Waals surface area contributed by atoms with Crippen LogP contribution in [0, 0.1) is 0 Å². The first-order valence-electron chi connectivity index (χ1n) is 7.53. The fourth-order valence-electron chi connectivity index (χ4n) is 2.69. The third-order valence-corrected chi connectivity index (χ3v) is 4.42. The molecule has 116 valence electrons. The zero-order valence-electron chi connectivity index (χ0n) is 12.9. The molecule has 0 radical (unpaired) electrons. The molecule has 0 fully saturated rings. The zero-order chi connectivity index (χ0) is 15.1. The Labute approximate surface area is 135 Å². The van der Waals surface area contributed by atoms with Crippen LogP contribution in [0.15, 0.2) is 28.3 Å². The molecule has 3 nitrogen and oxygen atoms in total. The van der Waals surface area contributed by atoms with Gasteiger partial charge in [-0.25, -0.2) is 0 Å². The van der Waals surface area contributed by atoms with Crippen LogP contribution in [0.2, 0.25) is 0 Å². The lowest BCUT2D eigenvalue weighted by Gasteiger charge is -2.14. The highest BCUT2D eigenvalue weighted by Gasteiger charge is 2.10. The van der Waals surface area contributed by atoms with Crippen molar-refractivity contribution in [3.8, 4) is 11.5 Å². The molecule has 1 aliphatic rings. The summed E-state index contributed by atoms with van der Waals surface area (Å²) in [6, 6.07) is 4.10. The minimum absolute atomic E-state index is 0.744. The molecule has 4 heteroatoms. The van der Waals surface area contributed by atoms with Crippen molar-refractivity contribution in [2.75, 3.05) is 20.8 Å². The average molecular weight is 354 g/mol. The summed E-state index contributed by atoms with van der Waals surface area (Å²) in [5.74, 6) is 1.51. The molecule has 1 N–H and O–H groups in total. The van der Waals surface area contributed by atoms with Crippen molar-refractivity contribution in [3.05, 3.63) is 33.8 Å². The van der Waals surface area contributed by atoms with E-state index in [0.717, 1.165) is 35.5 Å². The maximum Gasteiger partial charge on any atom is 0.174 e. The number of halogens is 1. The number of allylic oxidation sites excluding steroid dienone is 1. The van der Waals surface area contributed by atoms with E-state index in [4.69, 9.17) is 9.47 Å². The van der Waals surface area contributed by atoms with Gasteiger partial charge in [-0.2, -0.15) is 0 Å². The molecule has 1 aliphatic carbocycles. The van der Waals surface area contributed by atoms with Crippen molar-refractivity contribution in [1.29, 1.82) is 0 Å². The Balaban J connectivity index is 1.85. The predicted molar refractivity (Wildman–Crippen MR) is 90.1 cm³/mol. The molecule has 0 aliphatic heterocycles. The lowest BCUT2D eigenvalue weighted by Crippen LogP contribution is -2.15. The van der Waals surface area contributed by atoms with Crippen molar-refractivity contribution in [2.24, 2.45) is 0 Å². The molecule has 0 saturated heterocycles. The van der Waals surface area contributed by atoms with Crippen LogP contribution in [0.3, 0.4) is 0 Å². The zero-order valence-corrected chi connectivity index (χ0v) is 14.5. The first kappa shape index (κ1) is 16.4. The van der Waals surface area contributed by atoms with Gasteiger partial charge in [0.15, 0.2) is 11.5 Å². The molecular weight excluding hydrogens is 330 g/mol. The second kappa shape index (κ2) is 8.44. The van der Waals surface area contributed by atoms with Crippen LogP contribution in [-0.2, 0) is 6.54 Å². The molecule has 0 aromatic heterocycles. The Morgan fingerprint density at radius 1 is 1.19 bits per heavy atom. The third-order valence-electron chi connectivity index (χ3n) is 3.83. The smallest absolute Gasteiger partial charge is 0.174 e. The maximum absolute atomic E-state index is 5.37. The van der Waals surface area contributed by atoms with Gasteiger partial charge in [-0.3, -0.25) is 0 Å². The van der Waals surface area contributed by atoms with E-state index in [0.29, 0.717) is 0 Å². The Hall–Kier alpha value is -1.00. The van der Waals surface area contributed by atoms with Crippen molar-refractivity contribution in [2.45, 2.75) is 38.6 Å².